The molecule has 0 heterocycles. The molecule has 0 saturated heterocycles. The summed E-state index contributed by atoms with van der Waals surface area (Å²) in [6, 6.07) is 12.1. The fraction of sp³-hybridized carbons (Fsp3) is 0.278. The first kappa shape index (κ1) is 16.7. The molecule has 5 nitrogen and oxygen atoms in total. The van der Waals surface area contributed by atoms with Gasteiger partial charge < -0.3 is 11.1 Å². The van der Waals surface area contributed by atoms with Gasteiger partial charge in [-0.15, -0.1) is 0 Å². The molecule has 120 valence electrons. The first-order chi connectivity index (χ1) is 11.0. The molecule has 3 N–H and O–H groups in total. The molecule has 2 aromatic carbocycles. The van der Waals surface area contributed by atoms with Crippen LogP contribution in [0.15, 0.2) is 42.5 Å². The summed E-state index contributed by atoms with van der Waals surface area (Å²) >= 11 is 0. The lowest BCUT2D eigenvalue weighted by molar-refractivity contribution is -0.121. The lowest BCUT2D eigenvalue weighted by Crippen LogP contribution is -2.44. The van der Waals surface area contributed by atoms with E-state index in [9.17, 15) is 14.4 Å². The number of rotatable bonds is 7. The zero-order valence-corrected chi connectivity index (χ0v) is 13.0. The summed E-state index contributed by atoms with van der Waals surface area (Å²) in [5, 5.41) is 4.39. The predicted molar refractivity (Wildman–Crippen MR) is 88.9 cm³/mol. The topological polar surface area (TPSA) is 89.3 Å². The second kappa shape index (κ2) is 7.54. The van der Waals surface area contributed by atoms with Crippen molar-refractivity contribution in [3.05, 3.63) is 48.0 Å². The summed E-state index contributed by atoms with van der Waals surface area (Å²) < 4.78 is 0. The maximum Gasteiger partial charge on any atom is 0.252 e. The van der Waals surface area contributed by atoms with Crippen LogP contribution in [0.5, 0.6) is 0 Å². The van der Waals surface area contributed by atoms with E-state index in [2.05, 4.69) is 5.32 Å². The molecule has 0 unspecified atom stereocenters. The fourth-order valence-corrected chi connectivity index (χ4v) is 2.43. The summed E-state index contributed by atoms with van der Waals surface area (Å²) in [5.74, 6) is -0.965. The zero-order chi connectivity index (χ0) is 16.8. The van der Waals surface area contributed by atoms with Gasteiger partial charge in [0.15, 0.2) is 0 Å². The van der Waals surface area contributed by atoms with Crippen molar-refractivity contribution in [2.75, 3.05) is 0 Å². The van der Waals surface area contributed by atoms with Gasteiger partial charge in [0, 0.05) is 18.4 Å². The number of carbonyl (C=O) groups is 3. The van der Waals surface area contributed by atoms with E-state index in [1.807, 2.05) is 30.3 Å². The van der Waals surface area contributed by atoms with Gasteiger partial charge in [-0.25, -0.2) is 0 Å². The summed E-state index contributed by atoms with van der Waals surface area (Å²) in [5.41, 5.74) is 5.82. The number of ketones is 1. The fourth-order valence-electron chi connectivity index (χ4n) is 2.43. The predicted octanol–water partition coefficient (Wildman–Crippen LogP) is 2.18. The Hall–Kier alpha value is -2.69. The first-order valence-corrected chi connectivity index (χ1v) is 7.62. The second-order valence-corrected chi connectivity index (χ2v) is 5.39. The highest BCUT2D eigenvalue weighted by molar-refractivity contribution is 6.08. The molecular formula is C18H20N2O3. The zero-order valence-electron chi connectivity index (χ0n) is 13.0. The van der Waals surface area contributed by atoms with Crippen LogP contribution in [0.3, 0.4) is 0 Å². The monoisotopic (exact) mass is 312 g/mol. The van der Waals surface area contributed by atoms with Crippen molar-refractivity contribution < 1.29 is 14.4 Å². The van der Waals surface area contributed by atoms with Gasteiger partial charge in [-0.2, -0.15) is 0 Å². The van der Waals surface area contributed by atoms with Crippen LogP contribution in [0, 0.1) is 0 Å². The van der Waals surface area contributed by atoms with Crippen LogP contribution in [0.4, 0.5) is 0 Å². The van der Waals surface area contributed by atoms with Crippen molar-refractivity contribution in [1.29, 1.82) is 0 Å². The lowest BCUT2D eigenvalue weighted by Gasteiger charge is -2.16. The summed E-state index contributed by atoms with van der Waals surface area (Å²) in [6.07, 6.45) is 0.848. The van der Waals surface area contributed by atoms with Gasteiger partial charge in [-0.05, 0) is 23.3 Å². The Morgan fingerprint density at radius 1 is 1.09 bits per heavy atom. The number of benzene rings is 2. The van der Waals surface area contributed by atoms with Crippen molar-refractivity contribution in [3.8, 4) is 0 Å². The Balaban J connectivity index is 2.17. The number of hydrogen-bond donors (Lipinski definition) is 2. The molecule has 0 spiro atoms. The van der Waals surface area contributed by atoms with Crippen molar-refractivity contribution in [2.45, 2.75) is 32.2 Å². The minimum atomic E-state index is -0.850. The first-order valence-electron chi connectivity index (χ1n) is 7.62. The molecule has 0 radical (unpaired) electrons. The number of fused-ring (bicyclic) bond motifs is 1. The van der Waals surface area contributed by atoms with Crippen molar-refractivity contribution in [2.24, 2.45) is 5.73 Å². The SMILES string of the molecule is CCC(=O)CC[C@@H](NC(=O)c1cccc2ccccc12)C(N)=O. The van der Waals surface area contributed by atoms with Crippen LogP contribution < -0.4 is 11.1 Å². The molecule has 0 aliphatic heterocycles. The molecule has 0 fully saturated rings. The van der Waals surface area contributed by atoms with Gasteiger partial charge >= 0.3 is 0 Å². The highest BCUT2D eigenvalue weighted by Crippen LogP contribution is 2.18. The summed E-state index contributed by atoms with van der Waals surface area (Å²) in [7, 11) is 0. The number of nitrogens with one attached hydrogen (secondary N) is 1. The van der Waals surface area contributed by atoms with Crippen molar-refractivity contribution in [3.63, 3.8) is 0 Å². The smallest absolute Gasteiger partial charge is 0.252 e. The third-order valence-electron chi connectivity index (χ3n) is 3.79. The Morgan fingerprint density at radius 3 is 2.48 bits per heavy atom. The standard InChI is InChI=1S/C18H20N2O3/c1-2-13(21)10-11-16(17(19)22)20-18(23)15-9-5-7-12-6-3-4-8-14(12)15/h3-9,16H,2,10-11H2,1H3,(H2,19,22)(H,20,23)/t16-/m1/s1. The van der Waals surface area contributed by atoms with Crippen LogP contribution >= 0.6 is 0 Å². The van der Waals surface area contributed by atoms with E-state index in [0.717, 1.165) is 10.8 Å². The molecule has 0 aromatic heterocycles. The van der Waals surface area contributed by atoms with Crippen LogP contribution in [0.2, 0.25) is 0 Å². The second-order valence-electron chi connectivity index (χ2n) is 5.39. The highest BCUT2D eigenvalue weighted by atomic mass is 16.2. The average Bonchev–Trinajstić information content (AvgIpc) is 2.57. The Labute approximate surface area is 134 Å². The molecule has 2 aromatic rings. The number of nitrogens with two attached hydrogens (primary N) is 1. The van der Waals surface area contributed by atoms with Gasteiger partial charge in [-0.1, -0.05) is 43.3 Å². The van der Waals surface area contributed by atoms with E-state index in [1.54, 1.807) is 19.1 Å². The average molecular weight is 312 g/mol. The quantitative estimate of drug-likeness (QED) is 0.821. The molecule has 0 aliphatic carbocycles. The van der Waals surface area contributed by atoms with Crippen LogP contribution in [-0.4, -0.2) is 23.6 Å². The van der Waals surface area contributed by atoms with Gasteiger partial charge in [0.05, 0.1) is 0 Å². The van der Waals surface area contributed by atoms with E-state index in [0.29, 0.717) is 12.0 Å². The van der Waals surface area contributed by atoms with Gasteiger partial charge in [0.2, 0.25) is 5.91 Å². The van der Waals surface area contributed by atoms with Crippen molar-refractivity contribution in [1.82, 2.24) is 5.32 Å². The van der Waals surface area contributed by atoms with Crippen LogP contribution in [0.1, 0.15) is 36.5 Å². The van der Waals surface area contributed by atoms with E-state index < -0.39 is 11.9 Å². The number of primary amides is 1. The summed E-state index contributed by atoms with van der Waals surface area (Å²) in [4.78, 5) is 35.4. The highest BCUT2D eigenvalue weighted by Gasteiger charge is 2.20. The van der Waals surface area contributed by atoms with Gasteiger partial charge in [0.1, 0.15) is 11.8 Å². The largest absolute Gasteiger partial charge is 0.368 e. The van der Waals surface area contributed by atoms with Crippen molar-refractivity contribution >= 4 is 28.4 Å². The maximum atomic E-state index is 12.5. The normalized spacial score (nSPS) is 11.9. The number of carbonyl (C=O) groups excluding carboxylic acids is 3. The minimum Gasteiger partial charge on any atom is -0.368 e. The molecule has 5 heteroatoms. The van der Waals surface area contributed by atoms with Gasteiger partial charge in [0.25, 0.3) is 5.91 Å². The number of hydrogen-bond acceptors (Lipinski definition) is 3. The Bertz CT molecular complexity index is 735. The molecule has 2 rings (SSSR count). The lowest BCUT2D eigenvalue weighted by atomic mass is 10.0. The third kappa shape index (κ3) is 4.16. The van der Waals surface area contributed by atoms with E-state index in [4.69, 9.17) is 5.73 Å². The number of amides is 2. The Morgan fingerprint density at radius 2 is 1.78 bits per heavy atom. The molecule has 0 saturated carbocycles. The van der Waals surface area contributed by atoms with E-state index >= 15 is 0 Å². The molecule has 0 bridgehead atoms. The molecule has 2 amide bonds. The molecule has 0 aliphatic rings. The molecule has 1 atom stereocenters. The Kier molecular flexibility index (Phi) is 5.46. The maximum absolute atomic E-state index is 12.5. The van der Waals surface area contributed by atoms with E-state index in [1.165, 1.54) is 0 Å². The minimum absolute atomic E-state index is 0.0376. The van der Waals surface area contributed by atoms with E-state index in [-0.39, 0.29) is 24.5 Å². The van der Waals surface area contributed by atoms with Crippen LogP contribution in [-0.2, 0) is 9.59 Å². The summed E-state index contributed by atoms with van der Waals surface area (Å²) in [6.45, 7) is 1.76. The third-order valence-corrected chi connectivity index (χ3v) is 3.79. The number of Topliss-reactive ketones (excluding diaryl/α,β-unsaturated/α-hetero) is 1. The van der Waals surface area contributed by atoms with Gasteiger partial charge in [-0.3, -0.25) is 14.4 Å². The van der Waals surface area contributed by atoms with Crippen LogP contribution in [0.25, 0.3) is 10.8 Å². The molecule has 23 heavy (non-hydrogen) atoms. The molecular weight excluding hydrogens is 292 g/mol.